The predicted molar refractivity (Wildman–Crippen MR) is 120 cm³/mol. The van der Waals surface area contributed by atoms with Crippen molar-refractivity contribution in [3.63, 3.8) is 0 Å². The van der Waals surface area contributed by atoms with Crippen molar-refractivity contribution in [2.45, 2.75) is 24.7 Å². The molecule has 1 heterocycles. The third-order valence-electron chi connectivity index (χ3n) is 5.14. The number of para-hydroxylation sites is 1. The SMILES string of the molecule is Cc1ccc(S(=O)(=O)Nc2ccc(C(=O)N3CCCc4ccccc43)c(Cl)c2)cc1. The summed E-state index contributed by atoms with van der Waals surface area (Å²) < 4.78 is 27.7. The van der Waals surface area contributed by atoms with Crippen LogP contribution in [0.15, 0.2) is 71.6 Å². The first-order chi connectivity index (χ1) is 14.3. The number of benzene rings is 3. The van der Waals surface area contributed by atoms with Crippen LogP contribution in [0.25, 0.3) is 0 Å². The fourth-order valence-electron chi connectivity index (χ4n) is 3.57. The summed E-state index contributed by atoms with van der Waals surface area (Å²) in [7, 11) is -3.74. The van der Waals surface area contributed by atoms with E-state index in [1.165, 1.54) is 6.07 Å². The zero-order valence-electron chi connectivity index (χ0n) is 16.4. The van der Waals surface area contributed by atoms with E-state index in [1.807, 2.05) is 31.2 Å². The summed E-state index contributed by atoms with van der Waals surface area (Å²) in [5, 5.41) is 0.201. The summed E-state index contributed by atoms with van der Waals surface area (Å²) in [5.74, 6) is -0.194. The Kier molecular flexibility index (Phi) is 5.54. The fourth-order valence-corrected chi connectivity index (χ4v) is 4.88. The van der Waals surface area contributed by atoms with Crippen LogP contribution >= 0.6 is 11.6 Å². The molecule has 0 aromatic heterocycles. The number of aryl methyl sites for hydroxylation is 2. The lowest BCUT2D eigenvalue weighted by molar-refractivity contribution is 0.0985. The first-order valence-corrected chi connectivity index (χ1v) is 11.5. The van der Waals surface area contributed by atoms with Crippen molar-refractivity contribution in [1.82, 2.24) is 0 Å². The van der Waals surface area contributed by atoms with Crippen LogP contribution in [0, 0.1) is 6.92 Å². The lowest BCUT2D eigenvalue weighted by atomic mass is 10.0. The number of nitrogens with zero attached hydrogens (tertiary/aromatic N) is 1. The van der Waals surface area contributed by atoms with Gasteiger partial charge in [-0.2, -0.15) is 0 Å². The number of halogens is 1. The molecule has 0 fully saturated rings. The molecule has 0 unspecified atom stereocenters. The number of rotatable bonds is 4. The van der Waals surface area contributed by atoms with Crippen LogP contribution in [-0.2, 0) is 16.4 Å². The van der Waals surface area contributed by atoms with E-state index < -0.39 is 10.0 Å². The van der Waals surface area contributed by atoms with Gasteiger partial charge in [0, 0.05) is 12.2 Å². The Morgan fingerprint density at radius 2 is 1.77 bits per heavy atom. The van der Waals surface area contributed by atoms with E-state index in [1.54, 1.807) is 41.3 Å². The Morgan fingerprint density at radius 1 is 1.03 bits per heavy atom. The van der Waals surface area contributed by atoms with Crippen LogP contribution < -0.4 is 9.62 Å². The summed E-state index contributed by atoms with van der Waals surface area (Å²) in [6.07, 6.45) is 1.82. The molecule has 1 amide bonds. The van der Waals surface area contributed by atoms with Gasteiger partial charge in [0.25, 0.3) is 15.9 Å². The highest BCUT2D eigenvalue weighted by Crippen LogP contribution is 2.31. The molecule has 0 aliphatic carbocycles. The van der Waals surface area contributed by atoms with Crippen molar-refractivity contribution in [2.75, 3.05) is 16.2 Å². The van der Waals surface area contributed by atoms with Gasteiger partial charge in [0.2, 0.25) is 0 Å². The van der Waals surface area contributed by atoms with Gasteiger partial charge in [0.15, 0.2) is 0 Å². The fraction of sp³-hybridized carbons (Fsp3) is 0.174. The van der Waals surface area contributed by atoms with Crippen LogP contribution in [0.2, 0.25) is 5.02 Å². The normalized spacial score (nSPS) is 13.6. The Morgan fingerprint density at radius 3 is 2.50 bits per heavy atom. The summed E-state index contributed by atoms with van der Waals surface area (Å²) in [6, 6.07) is 19.0. The monoisotopic (exact) mass is 440 g/mol. The summed E-state index contributed by atoms with van der Waals surface area (Å²) in [4.78, 5) is 15.0. The molecule has 1 aliphatic heterocycles. The zero-order valence-corrected chi connectivity index (χ0v) is 18.0. The topological polar surface area (TPSA) is 66.5 Å². The maximum absolute atomic E-state index is 13.1. The third-order valence-corrected chi connectivity index (χ3v) is 6.85. The molecule has 7 heteroatoms. The predicted octanol–water partition coefficient (Wildman–Crippen LogP) is 5.04. The van der Waals surface area contributed by atoms with Crippen LogP contribution in [0.4, 0.5) is 11.4 Å². The Balaban J connectivity index is 1.58. The minimum absolute atomic E-state index is 0.161. The zero-order chi connectivity index (χ0) is 21.3. The molecule has 0 atom stereocenters. The largest absolute Gasteiger partial charge is 0.308 e. The van der Waals surface area contributed by atoms with Gasteiger partial charge in [-0.05, 0) is 61.7 Å². The number of sulfonamides is 1. The molecule has 5 nitrogen and oxygen atoms in total. The standard InChI is InChI=1S/C23H21ClN2O3S/c1-16-8-11-19(12-9-16)30(28,29)25-18-10-13-20(21(24)15-18)23(27)26-14-4-6-17-5-2-3-7-22(17)26/h2-3,5,7-13,15,25H,4,6,14H2,1H3. The number of nitrogens with one attached hydrogen (secondary N) is 1. The molecule has 0 saturated heterocycles. The van der Waals surface area contributed by atoms with Gasteiger partial charge in [0.05, 0.1) is 21.2 Å². The highest BCUT2D eigenvalue weighted by atomic mass is 35.5. The number of anilines is 2. The molecule has 3 aromatic rings. The summed E-state index contributed by atoms with van der Waals surface area (Å²) in [6.45, 7) is 2.51. The van der Waals surface area contributed by atoms with E-state index in [-0.39, 0.29) is 15.8 Å². The molecule has 0 spiro atoms. The van der Waals surface area contributed by atoms with Crippen LogP contribution in [0.5, 0.6) is 0 Å². The van der Waals surface area contributed by atoms with E-state index in [2.05, 4.69) is 4.72 Å². The second-order valence-corrected chi connectivity index (χ2v) is 9.39. The second kappa shape index (κ2) is 8.13. The molecule has 3 aromatic carbocycles. The molecule has 0 radical (unpaired) electrons. The maximum Gasteiger partial charge on any atom is 0.261 e. The number of hydrogen-bond acceptors (Lipinski definition) is 3. The molecular weight excluding hydrogens is 420 g/mol. The van der Waals surface area contributed by atoms with Gasteiger partial charge in [-0.15, -0.1) is 0 Å². The lowest BCUT2D eigenvalue weighted by Crippen LogP contribution is -2.35. The van der Waals surface area contributed by atoms with Crippen LogP contribution in [0.1, 0.15) is 27.9 Å². The van der Waals surface area contributed by atoms with Crippen molar-refractivity contribution in [2.24, 2.45) is 0 Å². The first kappa shape index (κ1) is 20.4. The Bertz CT molecular complexity index is 1210. The van der Waals surface area contributed by atoms with Gasteiger partial charge >= 0.3 is 0 Å². The maximum atomic E-state index is 13.1. The average Bonchev–Trinajstić information content (AvgIpc) is 2.73. The molecule has 0 saturated carbocycles. The first-order valence-electron chi connectivity index (χ1n) is 9.64. The number of carbonyl (C=O) groups is 1. The number of carbonyl (C=O) groups excluding carboxylic acids is 1. The molecule has 30 heavy (non-hydrogen) atoms. The summed E-state index contributed by atoms with van der Waals surface area (Å²) >= 11 is 6.38. The van der Waals surface area contributed by atoms with E-state index >= 15 is 0 Å². The number of amides is 1. The van der Waals surface area contributed by atoms with Crippen molar-refractivity contribution in [1.29, 1.82) is 0 Å². The minimum Gasteiger partial charge on any atom is -0.308 e. The molecule has 4 rings (SSSR count). The molecular formula is C23H21ClN2O3S. The minimum atomic E-state index is -3.74. The van der Waals surface area contributed by atoms with Gasteiger partial charge < -0.3 is 4.90 Å². The van der Waals surface area contributed by atoms with Crippen LogP contribution in [-0.4, -0.2) is 20.9 Å². The van der Waals surface area contributed by atoms with Gasteiger partial charge in [-0.1, -0.05) is 47.5 Å². The van der Waals surface area contributed by atoms with E-state index in [0.29, 0.717) is 17.8 Å². The van der Waals surface area contributed by atoms with Crippen LogP contribution in [0.3, 0.4) is 0 Å². The van der Waals surface area contributed by atoms with E-state index in [4.69, 9.17) is 11.6 Å². The molecule has 1 N–H and O–H groups in total. The third kappa shape index (κ3) is 4.06. The second-order valence-electron chi connectivity index (χ2n) is 7.30. The van der Waals surface area contributed by atoms with Gasteiger partial charge in [0.1, 0.15) is 0 Å². The Labute approximate surface area is 181 Å². The highest BCUT2D eigenvalue weighted by Gasteiger charge is 2.25. The number of hydrogen-bond donors (Lipinski definition) is 1. The molecule has 0 bridgehead atoms. The Hall–Kier alpha value is -2.83. The molecule has 154 valence electrons. The number of fused-ring (bicyclic) bond motifs is 1. The quantitative estimate of drug-likeness (QED) is 0.617. The summed E-state index contributed by atoms with van der Waals surface area (Å²) in [5.41, 5.74) is 3.65. The van der Waals surface area contributed by atoms with Crippen molar-refractivity contribution < 1.29 is 13.2 Å². The highest BCUT2D eigenvalue weighted by molar-refractivity contribution is 7.92. The van der Waals surface area contributed by atoms with E-state index in [9.17, 15) is 13.2 Å². The van der Waals surface area contributed by atoms with Crippen molar-refractivity contribution in [3.8, 4) is 0 Å². The van der Waals surface area contributed by atoms with E-state index in [0.717, 1.165) is 29.7 Å². The lowest BCUT2D eigenvalue weighted by Gasteiger charge is -2.29. The van der Waals surface area contributed by atoms with Gasteiger partial charge in [-0.3, -0.25) is 9.52 Å². The van der Waals surface area contributed by atoms with Crippen molar-refractivity contribution in [3.05, 3.63) is 88.4 Å². The smallest absolute Gasteiger partial charge is 0.261 e. The van der Waals surface area contributed by atoms with Crippen molar-refractivity contribution >= 4 is 38.9 Å². The molecule has 1 aliphatic rings. The van der Waals surface area contributed by atoms with Gasteiger partial charge in [-0.25, -0.2) is 8.42 Å². The average molecular weight is 441 g/mol.